The van der Waals surface area contributed by atoms with Gasteiger partial charge in [-0.05, 0) is 20.1 Å². The lowest BCUT2D eigenvalue weighted by Crippen LogP contribution is -2.01. The van der Waals surface area contributed by atoms with Gasteiger partial charge in [0.2, 0.25) is 0 Å². The molecule has 0 unspecified atom stereocenters. The Balaban J connectivity index is 4.68. The van der Waals surface area contributed by atoms with E-state index in [9.17, 15) is 4.79 Å². The number of rotatable bonds is 3. The second-order valence-corrected chi connectivity index (χ2v) is 3.30. The molecule has 13 heavy (non-hydrogen) atoms. The number of hydrogen-bond acceptors (Lipinski definition) is 4. The fraction of sp³-hybridized carbons (Fsp3) is 0.333. The molecule has 2 N–H and O–H groups in total. The molecule has 0 bridgehead atoms. The van der Waals surface area contributed by atoms with E-state index in [-0.39, 0.29) is 0 Å². The number of nitrogens with two attached hydrogens (primary N) is 1. The molecule has 0 aromatic heterocycles. The molecule has 0 saturated carbocycles. The minimum atomic E-state index is 0.413. The van der Waals surface area contributed by atoms with Gasteiger partial charge in [-0.1, -0.05) is 6.08 Å². The van der Waals surface area contributed by atoms with Crippen molar-refractivity contribution in [3.8, 4) is 0 Å². The molecule has 3 nitrogen and oxygen atoms in total. The topological polar surface area (TPSA) is 55.5 Å². The van der Waals surface area contributed by atoms with Crippen molar-refractivity contribution in [2.45, 2.75) is 13.8 Å². The molecule has 0 aromatic rings. The summed E-state index contributed by atoms with van der Waals surface area (Å²) >= 11 is 1.53. The molecule has 0 heterocycles. The van der Waals surface area contributed by atoms with Crippen LogP contribution in [0, 0.1) is 0 Å². The number of aldehydes is 1. The third-order valence-electron chi connectivity index (χ3n) is 1.45. The zero-order chi connectivity index (χ0) is 10.3. The molecule has 0 aromatic carbocycles. The summed E-state index contributed by atoms with van der Waals surface area (Å²) in [6.45, 7) is 3.65. The lowest BCUT2D eigenvalue weighted by atomic mass is 10.2. The highest BCUT2D eigenvalue weighted by atomic mass is 32.2. The lowest BCUT2D eigenvalue weighted by Gasteiger charge is -1.96. The summed E-state index contributed by atoms with van der Waals surface area (Å²) in [5, 5.41) is 0.892. The Bertz CT molecular complexity index is 267. The summed E-state index contributed by atoms with van der Waals surface area (Å²) in [5.41, 5.74) is 6.41. The van der Waals surface area contributed by atoms with Crippen LogP contribution in [0.15, 0.2) is 28.5 Å². The Morgan fingerprint density at radius 1 is 1.54 bits per heavy atom. The van der Waals surface area contributed by atoms with Crippen molar-refractivity contribution in [2.24, 2.45) is 10.7 Å². The zero-order valence-electron chi connectivity index (χ0n) is 8.07. The molecule has 4 heteroatoms. The molecule has 72 valence electrons. The van der Waals surface area contributed by atoms with Gasteiger partial charge in [0, 0.05) is 11.9 Å². The van der Waals surface area contributed by atoms with Crippen LogP contribution < -0.4 is 5.73 Å². The molecule has 0 aliphatic carbocycles. The number of allylic oxidation sites excluding steroid dienone is 2. The van der Waals surface area contributed by atoms with Crippen LogP contribution in [-0.4, -0.2) is 17.6 Å². The first kappa shape index (κ1) is 12.0. The molecule has 0 fully saturated rings. The van der Waals surface area contributed by atoms with E-state index in [0.29, 0.717) is 17.6 Å². The summed E-state index contributed by atoms with van der Waals surface area (Å²) in [5.74, 6) is 0. The van der Waals surface area contributed by atoms with Crippen LogP contribution in [0.5, 0.6) is 0 Å². The quantitative estimate of drug-likeness (QED) is 0.247. The normalized spacial score (nSPS) is 14.5. The smallest absolute Gasteiger partial charge is 0.153 e. The zero-order valence-corrected chi connectivity index (χ0v) is 8.89. The monoisotopic (exact) mass is 198 g/mol. The molecule has 0 atom stereocenters. The highest BCUT2D eigenvalue weighted by molar-refractivity contribution is 8.13. The van der Waals surface area contributed by atoms with Crippen LogP contribution in [0.4, 0.5) is 0 Å². The second-order valence-electron chi connectivity index (χ2n) is 2.30. The van der Waals surface area contributed by atoms with Gasteiger partial charge in [-0.15, -0.1) is 11.8 Å². The van der Waals surface area contributed by atoms with Crippen molar-refractivity contribution in [1.29, 1.82) is 0 Å². The van der Waals surface area contributed by atoms with E-state index in [0.717, 1.165) is 5.04 Å². The SMILES string of the molecule is C/C=C(N)/C(C=O)=C\N=C(C)SC. The van der Waals surface area contributed by atoms with Crippen LogP contribution in [0.2, 0.25) is 0 Å². The van der Waals surface area contributed by atoms with Crippen molar-refractivity contribution < 1.29 is 4.79 Å². The predicted molar refractivity (Wildman–Crippen MR) is 58.7 cm³/mol. The van der Waals surface area contributed by atoms with E-state index in [2.05, 4.69) is 4.99 Å². The van der Waals surface area contributed by atoms with E-state index in [1.54, 1.807) is 13.0 Å². The first-order valence-electron chi connectivity index (χ1n) is 3.81. The van der Waals surface area contributed by atoms with E-state index >= 15 is 0 Å². The van der Waals surface area contributed by atoms with Crippen molar-refractivity contribution in [3.05, 3.63) is 23.5 Å². The van der Waals surface area contributed by atoms with Gasteiger partial charge in [0.15, 0.2) is 6.29 Å². The average Bonchev–Trinajstić information content (AvgIpc) is 2.17. The Morgan fingerprint density at radius 3 is 2.54 bits per heavy atom. The fourth-order valence-electron chi connectivity index (χ4n) is 0.553. The van der Waals surface area contributed by atoms with Crippen molar-refractivity contribution in [1.82, 2.24) is 0 Å². The van der Waals surface area contributed by atoms with Crippen LogP contribution in [0.25, 0.3) is 0 Å². The predicted octanol–water partition coefficient (Wildman–Crippen LogP) is 1.71. The van der Waals surface area contributed by atoms with Crippen LogP contribution in [0.3, 0.4) is 0 Å². The second kappa shape index (κ2) is 6.48. The Hall–Kier alpha value is -1.03. The molecule has 0 spiro atoms. The van der Waals surface area contributed by atoms with E-state index in [1.165, 1.54) is 18.0 Å². The maximum Gasteiger partial charge on any atom is 0.153 e. The van der Waals surface area contributed by atoms with Gasteiger partial charge < -0.3 is 5.73 Å². The molecular weight excluding hydrogens is 184 g/mol. The summed E-state index contributed by atoms with van der Waals surface area (Å²) in [4.78, 5) is 14.6. The Labute approximate surface area is 82.8 Å². The number of thioether (sulfide) groups is 1. The van der Waals surface area contributed by atoms with E-state index < -0.39 is 0 Å². The number of hydrogen-bond donors (Lipinski definition) is 1. The minimum absolute atomic E-state index is 0.413. The Kier molecular flexibility index (Phi) is 5.97. The van der Waals surface area contributed by atoms with Crippen LogP contribution in [0.1, 0.15) is 13.8 Å². The molecule has 0 aliphatic heterocycles. The number of carbonyl (C=O) groups is 1. The van der Waals surface area contributed by atoms with Gasteiger partial charge in [-0.3, -0.25) is 9.79 Å². The van der Waals surface area contributed by atoms with Crippen molar-refractivity contribution in [2.75, 3.05) is 6.26 Å². The molecule has 0 amide bonds. The first-order valence-corrected chi connectivity index (χ1v) is 5.04. The van der Waals surface area contributed by atoms with Gasteiger partial charge in [0.25, 0.3) is 0 Å². The average molecular weight is 198 g/mol. The van der Waals surface area contributed by atoms with E-state index in [1.807, 2.05) is 13.2 Å². The van der Waals surface area contributed by atoms with Crippen molar-refractivity contribution >= 4 is 23.1 Å². The maximum atomic E-state index is 10.5. The van der Waals surface area contributed by atoms with E-state index in [4.69, 9.17) is 5.73 Å². The number of aliphatic imine (C=N–C) groups is 1. The van der Waals surface area contributed by atoms with Gasteiger partial charge in [0.05, 0.1) is 10.6 Å². The van der Waals surface area contributed by atoms with Gasteiger partial charge in [0.1, 0.15) is 0 Å². The highest BCUT2D eigenvalue weighted by Gasteiger charge is 1.96. The molecular formula is C9H14N2OS. The summed E-state index contributed by atoms with van der Waals surface area (Å²) in [7, 11) is 0. The van der Waals surface area contributed by atoms with Crippen LogP contribution >= 0.6 is 11.8 Å². The Morgan fingerprint density at radius 2 is 2.15 bits per heavy atom. The van der Waals surface area contributed by atoms with Gasteiger partial charge >= 0.3 is 0 Å². The molecule has 0 aliphatic rings. The number of nitrogens with zero attached hydrogens (tertiary/aromatic N) is 1. The molecule has 0 radical (unpaired) electrons. The van der Waals surface area contributed by atoms with Crippen molar-refractivity contribution in [3.63, 3.8) is 0 Å². The summed E-state index contributed by atoms with van der Waals surface area (Å²) in [6.07, 6.45) is 5.77. The minimum Gasteiger partial charge on any atom is -0.398 e. The molecule has 0 rings (SSSR count). The van der Waals surface area contributed by atoms with Gasteiger partial charge in [-0.25, -0.2) is 0 Å². The maximum absolute atomic E-state index is 10.5. The summed E-state index contributed by atoms with van der Waals surface area (Å²) < 4.78 is 0. The standard InChI is InChI=1S/C9H14N2OS/c1-4-9(10)8(6-12)5-11-7(2)13-3/h4-6H,10H2,1-3H3/b8-5-,9-4-,11-7?. The number of carbonyl (C=O) groups excluding carboxylic acids is 1. The lowest BCUT2D eigenvalue weighted by molar-refractivity contribution is -0.104. The van der Waals surface area contributed by atoms with Crippen LogP contribution in [-0.2, 0) is 4.79 Å². The fourth-order valence-corrected chi connectivity index (χ4v) is 0.711. The molecule has 0 saturated heterocycles. The summed E-state index contributed by atoms with van der Waals surface area (Å²) in [6, 6.07) is 0. The highest BCUT2D eigenvalue weighted by Crippen LogP contribution is 2.03. The third-order valence-corrected chi connectivity index (χ3v) is 2.15. The largest absolute Gasteiger partial charge is 0.398 e. The first-order chi connectivity index (χ1) is 6.15. The third kappa shape index (κ3) is 4.52. The van der Waals surface area contributed by atoms with Gasteiger partial charge in [-0.2, -0.15) is 0 Å².